The van der Waals surface area contributed by atoms with Gasteiger partial charge in [0.25, 0.3) is 0 Å². The third kappa shape index (κ3) is 5.10. The fourth-order valence-corrected chi connectivity index (χ4v) is 6.15. The highest BCUT2D eigenvalue weighted by atomic mass is 15.0. The zero-order valence-corrected chi connectivity index (χ0v) is 25.4. The minimum Gasteiger partial charge on any atom is -0.244 e. The van der Waals surface area contributed by atoms with Crippen molar-refractivity contribution in [1.29, 1.82) is 0 Å². The van der Waals surface area contributed by atoms with Crippen LogP contribution in [-0.4, -0.2) is 19.9 Å². The lowest BCUT2D eigenvalue weighted by Gasteiger charge is -2.13. The Kier molecular flexibility index (Phi) is 7.08. The van der Waals surface area contributed by atoms with Crippen LogP contribution in [0, 0.1) is 0 Å². The molecule has 46 heavy (non-hydrogen) atoms. The molecule has 0 aliphatic heterocycles. The predicted molar refractivity (Wildman–Crippen MR) is 189 cm³/mol. The van der Waals surface area contributed by atoms with Crippen molar-refractivity contribution in [3.05, 3.63) is 157 Å². The SMILES string of the molecule is CCc1ccc(-c2ccc(-c3cc(-c4ccccc4)nc(-c4nc5ccccc5nc4-c4ccccc4)n3)cc2)c2ccccc12. The molecule has 4 nitrogen and oxygen atoms in total. The molecule has 0 bridgehead atoms. The van der Waals surface area contributed by atoms with Crippen LogP contribution in [0.1, 0.15) is 12.5 Å². The molecule has 0 aliphatic carbocycles. The molecule has 2 heterocycles. The van der Waals surface area contributed by atoms with Crippen LogP contribution in [-0.2, 0) is 6.42 Å². The number of nitrogens with zero attached hydrogens (tertiary/aromatic N) is 4. The monoisotopic (exact) mass is 590 g/mol. The maximum Gasteiger partial charge on any atom is 0.181 e. The van der Waals surface area contributed by atoms with Gasteiger partial charge in [-0.3, -0.25) is 0 Å². The van der Waals surface area contributed by atoms with Crippen LogP contribution < -0.4 is 0 Å². The van der Waals surface area contributed by atoms with Gasteiger partial charge in [-0.05, 0) is 52.1 Å². The number of benzene rings is 6. The van der Waals surface area contributed by atoms with E-state index >= 15 is 0 Å². The summed E-state index contributed by atoms with van der Waals surface area (Å²) >= 11 is 0. The molecule has 8 rings (SSSR count). The van der Waals surface area contributed by atoms with Crippen molar-refractivity contribution in [2.45, 2.75) is 13.3 Å². The summed E-state index contributed by atoms with van der Waals surface area (Å²) in [6.45, 7) is 2.21. The van der Waals surface area contributed by atoms with Crippen LogP contribution in [0.4, 0.5) is 0 Å². The highest BCUT2D eigenvalue weighted by molar-refractivity contribution is 5.98. The van der Waals surface area contributed by atoms with E-state index in [1.165, 1.54) is 27.5 Å². The molecule has 0 N–H and O–H groups in total. The quantitative estimate of drug-likeness (QED) is 0.193. The highest BCUT2D eigenvalue weighted by Crippen LogP contribution is 2.35. The maximum atomic E-state index is 5.15. The Balaban J connectivity index is 1.29. The van der Waals surface area contributed by atoms with E-state index < -0.39 is 0 Å². The van der Waals surface area contributed by atoms with Gasteiger partial charge in [0.05, 0.1) is 22.4 Å². The molecule has 6 aromatic carbocycles. The molecule has 8 aromatic rings. The molecule has 2 aromatic heterocycles. The second kappa shape index (κ2) is 11.8. The van der Waals surface area contributed by atoms with E-state index in [2.05, 4.69) is 97.9 Å². The van der Waals surface area contributed by atoms with Gasteiger partial charge in [-0.1, -0.05) is 140 Å². The average Bonchev–Trinajstić information content (AvgIpc) is 3.14. The van der Waals surface area contributed by atoms with Crippen LogP contribution in [0.5, 0.6) is 0 Å². The molecule has 218 valence electrons. The van der Waals surface area contributed by atoms with Gasteiger partial charge in [0, 0.05) is 16.7 Å². The van der Waals surface area contributed by atoms with Crippen molar-refractivity contribution in [1.82, 2.24) is 19.9 Å². The first-order valence-corrected chi connectivity index (χ1v) is 15.6. The minimum atomic E-state index is 0.540. The first-order valence-electron chi connectivity index (χ1n) is 15.6. The third-order valence-electron chi connectivity index (χ3n) is 8.51. The zero-order valence-electron chi connectivity index (χ0n) is 25.4. The summed E-state index contributed by atoms with van der Waals surface area (Å²) in [6.07, 6.45) is 1.01. The molecule has 0 saturated carbocycles. The molecule has 0 spiro atoms. The fourth-order valence-electron chi connectivity index (χ4n) is 6.15. The summed E-state index contributed by atoms with van der Waals surface area (Å²) in [5, 5.41) is 2.58. The summed E-state index contributed by atoms with van der Waals surface area (Å²) in [5.74, 6) is 0.540. The predicted octanol–water partition coefficient (Wildman–Crippen LogP) is 10.5. The van der Waals surface area contributed by atoms with Gasteiger partial charge in [-0.2, -0.15) is 0 Å². The Morgan fingerprint density at radius 3 is 1.59 bits per heavy atom. The van der Waals surface area contributed by atoms with Gasteiger partial charge in [0.1, 0.15) is 11.4 Å². The number of para-hydroxylation sites is 2. The minimum absolute atomic E-state index is 0.540. The van der Waals surface area contributed by atoms with Crippen molar-refractivity contribution < 1.29 is 0 Å². The first kappa shape index (κ1) is 27.5. The maximum absolute atomic E-state index is 5.15. The number of aryl methyl sites for hydroxylation is 1. The van der Waals surface area contributed by atoms with E-state index in [-0.39, 0.29) is 0 Å². The fraction of sp³-hybridized carbons (Fsp3) is 0.0476. The van der Waals surface area contributed by atoms with Crippen LogP contribution >= 0.6 is 0 Å². The number of hydrogen-bond acceptors (Lipinski definition) is 4. The Labute approximate surface area is 268 Å². The number of hydrogen-bond donors (Lipinski definition) is 0. The molecular weight excluding hydrogens is 560 g/mol. The van der Waals surface area contributed by atoms with E-state index in [1.807, 2.05) is 60.7 Å². The lowest BCUT2D eigenvalue weighted by Crippen LogP contribution is -2.01. The molecule has 0 saturated heterocycles. The Morgan fingerprint density at radius 1 is 0.413 bits per heavy atom. The van der Waals surface area contributed by atoms with Crippen molar-refractivity contribution in [3.8, 4) is 56.4 Å². The second-order valence-corrected chi connectivity index (χ2v) is 11.4. The van der Waals surface area contributed by atoms with Gasteiger partial charge in [-0.15, -0.1) is 0 Å². The molecule has 0 unspecified atom stereocenters. The second-order valence-electron chi connectivity index (χ2n) is 11.4. The summed E-state index contributed by atoms with van der Waals surface area (Å²) in [5.41, 5.74) is 11.5. The lowest BCUT2D eigenvalue weighted by molar-refractivity contribution is 1.14. The normalized spacial score (nSPS) is 11.2. The van der Waals surface area contributed by atoms with Crippen molar-refractivity contribution in [3.63, 3.8) is 0 Å². The van der Waals surface area contributed by atoms with E-state index in [1.54, 1.807) is 0 Å². The van der Waals surface area contributed by atoms with Crippen molar-refractivity contribution in [2.75, 3.05) is 0 Å². The zero-order chi connectivity index (χ0) is 30.9. The summed E-state index contributed by atoms with van der Waals surface area (Å²) in [7, 11) is 0. The van der Waals surface area contributed by atoms with Gasteiger partial charge in [0.15, 0.2) is 5.82 Å². The molecule has 0 atom stereocenters. The highest BCUT2D eigenvalue weighted by Gasteiger charge is 2.18. The van der Waals surface area contributed by atoms with Gasteiger partial charge < -0.3 is 0 Å². The molecule has 0 radical (unpaired) electrons. The standard InChI is InChI=1S/C42H30N4/c1-2-28-25-26-34(35-18-10-9-17-33(28)35)29-21-23-31(24-22-29)39-27-38(30-13-5-3-6-14-30)45-42(46-39)41-40(32-15-7-4-8-16-32)43-36-19-11-12-20-37(36)44-41/h3-27H,2H2,1H3. The lowest BCUT2D eigenvalue weighted by atomic mass is 9.93. The average molecular weight is 591 g/mol. The molecular formula is C42H30N4. The molecule has 0 fully saturated rings. The van der Waals surface area contributed by atoms with E-state index in [9.17, 15) is 0 Å². The van der Waals surface area contributed by atoms with Gasteiger partial charge in [-0.25, -0.2) is 19.9 Å². The Bertz CT molecular complexity index is 2330. The Hall–Kier alpha value is -6.00. The molecule has 4 heteroatoms. The largest absolute Gasteiger partial charge is 0.244 e. The molecule has 0 amide bonds. The van der Waals surface area contributed by atoms with Crippen molar-refractivity contribution >= 4 is 21.8 Å². The van der Waals surface area contributed by atoms with E-state index in [4.69, 9.17) is 19.9 Å². The van der Waals surface area contributed by atoms with E-state index in [0.717, 1.165) is 51.2 Å². The van der Waals surface area contributed by atoms with Crippen LogP contribution in [0.15, 0.2) is 152 Å². The van der Waals surface area contributed by atoms with Gasteiger partial charge in [0.2, 0.25) is 0 Å². The van der Waals surface area contributed by atoms with Crippen LogP contribution in [0.3, 0.4) is 0 Å². The van der Waals surface area contributed by atoms with E-state index in [0.29, 0.717) is 11.5 Å². The first-order chi connectivity index (χ1) is 22.7. The summed E-state index contributed by atoms with van der Waals surface area (Å²) in [4.78, 5) is 20.4. The van der Waals surface area contributed by atoms with Crippen molar-refractivity contribution in [2.24, 2.45) is 0 Å². The Morgan fingerprint density at radius 2 is 0.935 bits per heavy atom. The number of fused-ring (bicyclic) bond motifs is 2. The molecule has 0 aliphatic rings. The summed E-state index contributed by atoms with van der Waals surface area (Å²) < 4.78 is 0. The summed E-state index contributed by atoms with van der Waals surface area (Å²) in [6, 6.07) is 52.3. The third-order valence-corrected chi connectivity index (χ3v) is 8.51. The topological polar surface area (TPSA) is 51.6 Å². The van der Waals surface area contributed by atoms with Crippen LogP contribution in [0.25, 0.3) is 78.2 Å². The smallest absolute Gasteiger partial charge is 0.181 e. The number of rotatable bonds is 6. The van der Waals surface area contributed by atoms with Gasteiger partial charge >= 0.3 is 0 Å². The van der Waals surface area contributed by atoms with Crippen LogP contribution in [0.2, 0.25) is 0 Å². The number of aromatic nitrogens is 4.